The lowest BCUT2D eigenvalue weighted by Crippen LogP contribution is -2.53. The maximum atomic E-state index is 13.2. The van der Waals surface area contributed by atoms with Gasteiger partial charge in [-0.2, -0.15) is 0 Å². The first-order valence-electron chi connectivity index (χ1n) is 10.3. The average molecular weight is 465 g/mol. The van der Waals surface area contributed by atoms with Crippen molar-refractivity contribution in [2.45, 2.75) is 12.8 Å². The molecule has 0 aliphatic carbocycles. The van der Waals surface area contributed by atoms with E-state index < -0.39 is 5.82 Å². The summed E-state index contributed by atoms with van der Waals surface area (Å²) in [5.41, 5.74) is 0.283. The number of carbonyl (C=O) groups is 2. The number of hydrogen-bond acceptors (Lipinski definition) is 4. The highest BCUT2D eigenvalue weighted by Gasteiger charge is 2.32. The van der Waals surface area contributed by atoms with Crippen LogP contribution >= 0.6 is 23.2 Å². The number of carbonyl (C=O) groups excluding carboxylic acids is 2. The van der Waals surface area contributed by atoms with Gasteiger partial charge in [-0.05, 0) is 43.2 Å². The Morgan fingerprint density at radius 1 is 0.935 bits per heavy atom. The maximum absolute atomic E-state index is 13.2. The fourth-order valence-corrected chi connectivity index (χ4v) is 4.49. The molecular weight excluding hydrogens is 442 g/mol. The topological polar surface area (TPSA) is 56.8 Å². The lowest BCUT2D eigenvalue weighted by atomic mass is 9.95. The normalized spacial score (nSPS) is 17.7. The van der Waals surface area contributed by atoms with E-state index in [-0.39, 0.29) is 28.3 Å². The van der Waals surface area contributed by atoms with Crippen molar-refractivity contribution >= 4 is 40.8 Å². The van der Waals surface area contributed by atoms with Gasteiger partial charge >= 0.3 is 0 Å². The van der Waals surface area contributed by atoms with Crippen LogP contribution in [0.5, 0.6) is 0 Å². The lowest BCUT2D eigenvalue weighted by molar-refractivity contribution is -0.137. The van der Waals surface area contributed by atoms with Gasteiger partial charge in [0.15, 0.2) is 0 Å². The van der Waals surface area contributed by atoms with Gasteiger partial charge in [-0.15, -0.1) is 0 Å². The summed E-state index contributed by atoms with van der Waals surface area (Å²) in [6.45, 7) is 3.39. The van der Waals surface area contributed by atoms with Crippen molar-refractivity contribution in [3.8, 4) is 0 Å². The molecule has 1 aromatic carbocycles. The fourth-order valence-electron chi connectivity index (χ4n) is 4.13. The number of halogens is 3. The monoisotopic (exact) mass is 464 g/mol. The zero-order valence-electron chi connectivity index (χ0n) is 16.9. The highest BCUT2D eigenvalue weighted by Crippen LogP contribution is 2.25. The number of anilines is 1. The van der Waals surface area contributed by atoms with Crippen LogP contribution in [-0.4, -0.2) is 65.9 Å². The Balaban J connectivity index is 1.28. The van der Waals surface area contributed by atoms with Crippen molar-refractivity contribution < 1.29 is 14.0 Å². The summed E-state index contributed by atoms with van der Waals surface area (Å²) in [4.78, 5) is 35.7. The molecule has 2 saturated heterocycles. The Hall–Kier alpha value is -2.38. The largest absolute Gasteiger partial charge is 0.357 e. The molecule has 0 bridgehead atoms. The molecule has 2 amide bonds. The van der Waals surface area contributed by atoms with E-state index in [1.54, 1.807) is 11.1 Å². The van der Waals surface area contributed by atoms with E-state index in [0.29, 0.717) is 31.2 Å². The molecule has 3 heterocycles. The summed E-state index contributed by atoms with van der Waals surface area (Å²) in [7, 11) is 0. The Labute approximate surface area is 190 Å². The Bertz CT molecular complexity index is 956. The molecule has 0 N–H and O–H groups in total. The molecule has 4 rings (SSSR count). The average Bonchev–Trinajstić information content (AvgIpc) is 2.79. The molecule has 0 saturated carbocycles. The van der Waals surface area contributed by atoms with Crippen LogP contribution in [0, 0.1) is 11.7 Å². The summed E-state index contributed by atoms with van der Waals surface area (Å²) in [6, 6.07) is 7.49. The van der Waals surface area contributed by atoms with Crippen LogP contribution in [0.1, 0.15) is 23.2 Å². The van der Waals surface area contributed by atoms with Crippen LogP contribution in [-0.2, 0) is 4.79 Å². The summed E-state index contributed by atoms with van der Waals surface area (Å²) < 4.78 is 13.2. The van der Waals surface area contributed by atoms with E-state index in [1.807, 2.05) is 17.0 Å². The van der Waals surface area contributed by atoms with Crippen LogP contribution in [0.3, 0.4) is 0 Å². The summed E-state index contributed by atoms with van der Waals surface area (Å²) in [5, 5.41) is 0.707. The third-order valence-corrected chi connectivity index (χ3v) is 6.46. The lowest BCUT2D eigenvalue weighted by Gasteiger charge is -2.39. The number of piperidine rings is 1. The number of benzene rings is 1. The zero-order chi connectivity index (χ0) is 22.0. The molecule has 164 valence electrons. The second-order valence-corrected chi connectivity index (χ2v) is 8.68. The Kier molecular flexibility index (Phi) is 6.62. The number of rotatable bonds is 3. The van der Waals surface area contributed by atoms with Crippen LogP contribution in [0.25, 0.3) is 0 Å². The zero-order valence-corrected chi connectivity index (χ0v) is 18.4. The van der Waals surface area contributed by atoms with Gasteiger partial charge in [0.2, 0.25) is 5.91 Å². The molecule has 31 heavy (non-hydrogen) atoms. The van der Waals surface area contributed by atoms with E-state index >= 15 is 0 Å². The van der Waals surface area contributed by atoms with Crippen molar-refractivity contribution in [3.05, 3.63) is 58.0 Å². The van der Waals surface area contributed by atoms with Gasteiger partial charge in [-0.1, -0.05) is 23.2 Å². The molecule has 0 radical (unpaired) electrons. The third kappa shape index (κ3) is 4.93. The molecule has 1 aromatic heterocycles. The van der Waals surface area contributed by atoms with Gasteiger partial charge < -0.3 is 14.7 Å². The van der Waals surface area contributed by atoms with Crippen LogP contribution in [0.2, 0.25) is 10.0 Å². The minimum absolute atomic E-state index is 0.0163. The predicted molar refractivity (Wildman–Crippen MR) is 118 cm³/mol. The number of amides is 2. The van der Waals surface area contributed by atoms with Gasteiger partial charge in [0, 0.05) is 51.4 Å². The summed E-state index contributed by atoms with van der Waals surface area (Å²) in [6.07, 6.45) is 3.18. The van der Waals surface area contributed by atoms with Crippen molar-refractivity contribution in [2.24, 2.45) is 5.92 Å². The van der Waals surface area contributed by atoms with Gasteiger partial charge in [0.25, 0.3) is 5.91 Å². The molecule has 9 heteroatoms. The van der Waals surface area contributed by atoms with Crippen LogP contribution in [0.4, 0.5) is 10.2 Å². The standard InChI is InChI=1S/C22H23Cl2FN4O2/c23-16-1-4-20(26-14-16)27-7-5-15(6-8-27)21(30)28-9-11-29(12-10-28)22(31)18-3-2-17(25)13-19(18)24/h1-4,13-15H,5-12H2. The minimum atomic E-state index is -0.477. The van der Waals surface area contributed by atoms with E-state index in [1.165, 1.54) is 12.1 Å². The first-order chi connectivity index (χ1) is 14.9. The van der Waals surface area contributed by atoms with Crippen LogP contribution < -0.4 is 4.90 Å². The summed E-state index contributed by atoms with van der Waals surface area (Å²) >= 11 is 11.9. The molecule has 2 aliphatic rings. The molecule has 2 aromatic rings. The van der Waals surface area contributed by atoms with Gasteiger partial charge in [0.1, 0.15) is 11.6 Å². The Morgan fingerprint density at radius 2 is 1.61 bits per heavy atom. The summed E-state index contributed by atoms with van der Waals surface area (Å²) in [5.74, 6) is 0.297. The van der Waals surface area contributed by atoms with Gasteiger partial charge in [-0.25, -0.2) is 9.37 Å². The molecule has 0 atom stereocenters. The van der Waals surface area contributed by atoms with E-state index in [9.17, 15) is 14.0 Å². The van der Waals surface area contributed by atoms with Gasteiger partial charge in [0.05, 0.1) is 15.6 Å². The number of hydrogen-bond donors (Lipinski definition) is 0. The fraction of sp³-hybridized carbons (Fsp3) is 0.409. The second kappa shape index (κ2) is 9.40. The Morgan fingerprint density at radius 3 is 2.23 bits per heavy atom. The van der Waals surface area contributed by atoms with Crippen molar-refractivity contribution in [3.63, 3.8) is 0 Å². The first-order valence-corrected chi connectivity index (χ1v) is 11.1. The van der Waals surface area contributed by atoms with Crippen molar-refractivity contribution in [1.82, 2.24) is 14.8 Å². The quantitative estimate of drug-likeness (QED) is 0.694. The third-order valence-electron chi connectivity index (χ3n) is 5.92. The SMILES string of the molecule is O=C(c1ccc(F)cc1Cl)N1CCN(C(=O)C2CCN(c3ccc(Cl)cn3)CC2)CC1. The van der Waals surface area contributed by atoms with E-state index in [4.69, 9.17) is 23.2 Å². The molecule has 6 nitrogen and oxygen atoms in total. The van der Waals surface area contributed by atoms with Gasteiger partial charge in [-0.3, -0.25) is 9.59 Å². The maximum Gasteiger partial charge on any atom is 0.255 e. The van der Waals surface area contributed by atoms with Crippen molar-refractivity contribution in [2.75, 3.05) is 44.2 Å². The number of pyridine rings is 1. The molecular formula is C22H23Cl2FN4O2. The highest BCUT2D eigenvalue weighted by atomic mass is 35.5. The number of aromatic nitrogens is 1. The predicted octanol–water partition coefficient (Wildman–Crippen LogP) is 3.73. The van der Waals surface area contributed by atoms with Crippen LogP contribution in [0.15, 0.2) is 36.5 Å². The second-order valence-electron chi connectivity index (χ2n) is 7.84. The highest BCUT2D eigenvalue weighted by molar-refractivity contribution is 6.33. The molecule has 0 unspecified atom stereocenters. The smallest absolute Gasteiger partial charge is 0.255 e. The number of nitrogens with zero attached hydrogens (tertiary/aromatic N) is 4. The number of piperazine rings is 1. The van der Waals surface area contributed by atoms with Crippen molar-refractivity contribution in [1.29, 1.82) is 0 Å². The molecule has 0 spiro atoms. The minimum Gasteiger partial charge on any atom is -0.357 e. The van der Waals surface area contributed by atoms with E-state index in [0.717, 1.165) is 37.8 Å². The molecule has 2 fully saturated rings. The molecule has 2 aliphatic heterocycles. The van der Waals surface area contributed by atoms with E-state index in [2.05, 4.69) is 9.88 Å². The first kappa shape index (κ1) is 21.8.